The van der Waals surface area contributed by atoms with Crippen LogP contribution in [0.5, 0.6) is 0 Å². The zero-order valence-corrected chi connectivity index (χ0v) is 52.0. The first kappa shape index (κ1) is 75.8. The van der Waals surface area contributed by atoms with Crippen LogP contribution in [0.25, 0.3) is 0 Å². The number of hydrogen-bond acceptors (Lipinski definition) is 6. The van der Waals surface area contributed by atoms with Gasteiger partial charge in [0.2, 0.25) is 0 Å². The molecular formula is C75H118O6. The smallest absolute Gasteiger partial charge is 0.306 e. The van der Waals surface area contributed by atoms with Crippen LogP contribution >= 0.6 is 0 Å². The highest BCUT2D eigenvalue weighted by atomic mass is 16.6. The summed E-state index contributed by atoms with van der Waals surface area (Å²) in [5.74, 6) is -0.959. The predicted molar refractivity (Wildman–Crippen MR) is 352 cm³/mol. The van der Waals surface area contributed by atoms with Crippen LogP contribution < -0.4 is 0 Å². The third kappa shape index (κ3) is 65.5. The number of ether oxygens (including phenoxy) is 3. The molecule has 0 aromatic rings. The molecule has 6 nitrogen and oxygen atoms in total. The largest absolute Gasteiger partial charge is 0.462 e. The molecule has 0 fully saturated rings. The van der Waals surface area contributed by atoms with Crippen molar-refractivity contribution >= 4 is 17.9 Å². The van der Waals surface area contributed by atoms with Crippen LogP contribution in [0.3, 0.4) is 0 Å². The SMILES string of the molecule is CC/C=C\C/C=C\C/C=C\C/C=C\C/C=C\C/C=C\C/C=C\C/C=C\CCCCCCC(=O)OCC(COC(=O)CCCCCCCCCCCCC)OC(=O)CCCCCC/C=C\C/C=C\C/C=C\C/C=C\C/C=C\C/C=C\CC. The molecule has 0 radical (unpaired) electrons. The number of allylic oxidation sites excluding steroid dienone is 28. The number of carbonyl (C=O) groups is 3. The topological polar surface area (TPSA) is 78.9 Å². The summed E-state index contributed by atoms with van der Waals surface area (Å²) >= 11 is 0. The third-order valence-electron chi connectivity index (χ3n) is 13.2. The Morgan fingerprint density at radius 2 is 0.481 bits per heavy atom. The Hall–Kier alpha value is -5.23. The molecule has 0 aromatic carbocycles. The second kappa shape index (κ2) is 67.3. The van der Waals surface area contributed by atoms with E-state index in [0.717, 1.165) is 173 Å². The fourth-order valence-electron chi connectivity index (χ4n) is 8.40. The average Bonchev–Trinajstić information content (AvgIpc) is 3.47. The van der Waals surface area contributed by atoms with Crippen molar-refractivity contribution in [3.63, 3.8) is 0 Å². The third-order valence-corrected chi connectivity index (χ3v) is 13.2. The van der Waals surface area contributed by atoms with Gasteiger partial charge in [0, 0.05) is 19.3 Å². The van der Waals surface area contributed by atoms with Gasteiger partial charge in [-0.2, -0.15) is 0 Å². The normalized spacial score (nSPS) is 13.3. The summed E-state index contributed by atoms with van der Waals surface area (Å²) in [5.41, 5.74) is 0. The Labute approximate surface area is 498 Å². The predicted octanol–water partition coefficient (Wildman–Crippen LogP) is 22.7. The lowest BCUT2D eigenvalue weighted by atomic mass is 10.1. The maximum atomic E-state index is 12.9. The van der Waals surface area contributed by atoms with Gasteiger partial charge in [0.05, 0.1) is 0 Å². The van der Waals surface area contributed by atoms with E-state index in [1.165, 1.54) is 51.4 Å². The molecule has 0 saturated carbocycles. The molecule has 0 bridgehead atoms. The first-order valence-corrected chi connectivity index (χ1v) is 32.6. The average molecular weight is 1120 g/mol. The fraction of sp³-hybridized carbons (Fsp3) is 0.587. The lowest BCUT2D eigenvalue weighted by Crippen LogP contribution is -2.30. The van der Waals surface area contributed by atoms with Gasteiger partial charge < -0.3 is 14.2 Å². The number of rotatable bonds is 57. The lowest BCUT2D eigenvalue weighted by Gasteiger charge is -2.18. The van der Waals surface area contributed by atoms with Crippen LogP contribution in [0.4, 0.5) is 0 Å². The Kier molecular flexibility index (Phi) is 62.9. The van der Waals surface area contributed by atoms with Gasteiger partial charge in [-0.25, -0.2) is 0 Å². The van der Waals surface area contributed by atoms with Crippen molar-refractivity contribution in [2.24, 2.45) is 0 Å². The van der Waals surface area contributed by atoms with E-state index < -0.39 is 6.10 Å². The van der Waals surface area contributed by atoms with Crippen LogP contribution in [0, 0.1) is 0 Å². The first-order chi connectivity index (χ1) is 40.0. The summed E-state index contributed by atoms with van der Waals surface area (Å²) < 4.78 is 16.9. The Morgan fingerprint density at radius 1 is 0.259 bits per heavy atom. The van der Waals surface area contributed by atoms with Crippen LogP contribution in [0.1, 0.15) is 265 Å². The van der Waals surface area contributed by atoms with Gasteiger partial charge in [-0.15, -0.1) is 0 Å². The number of unbranched alkanes of at least 4 members (excludes halogenated alkanes) is 18. The number of esters is 3. The van der Waals surface area contributed by atoms with Gasteiger partial charge in [0.1, 0.15) is 13.2 Å². The summed E-state index contributed by atoms with van der Waals surface area (Å²) in [6.45, 7) is 6.36. The summed E-state index contributed by atoms with van der Waals surface area (Å²) in [4.78, 5) is 38.3. The zero-order chi connectivity index (χ0) is 58.5. The van der Waals surface area contributed by atoms with Gasteiger partial charge in [-0.1, -0.05) is 281 Å². The minimum Gasteiger partial charge on any atom is -0.462 e. The minimum absolute atomic E-state index is 0.103. The van der Waals surface area contributed by atoms with Crippen molar-refractivity contribution in [2.75, 3.05) is 13.2 Å². The van der Waals surface area contributed by atoms with Gasteiger partial charge in [0.15, 0.2) is 6.10 Å². The molecule has 0 rings (SSSR count). The molecule has 0 saturated heterocycles. The van der Waals surface area contributed by atoms with Crippen LogP contribution in [-0.2, 0) is 28.6 Å². The molecule has 6 heteroatoms. The standard InChI is InChI=1S/C75H118O6/c1-4-7-10-13-16-19-22-24-26-28-30-32-34-35-36-37-38-39-41-42-44-46-48-50-53-56-59-62-65-68-74(77)80-71-72(70-79-73(76)67-64-61-58-55-52-21-18-15-12-9-6-3)81-75(78)69-66-63-60-57-54-51-49-47-45-43-40-33-31-29-27-25-23-20-17-14-11-8-5-2/h7-8,10-11,16-17,19-20,24-27,30-33,35-36,38-39,42-45,48-51,72H,4-6,9,12-15,18,21-23,28-29,34,37,40-41,46-47,52-71H2,1-3H3/b10-7-,11-8-,19-16-,20-17-,26-24-,27-25-,32-30-,33-31-,36-35-,39-38-,44-42-,45-43-,50-48-,51-49-. The van der Waals surface area contributed by atoms with E-state index in [-0.39, 0.29) is 37.5 Å². The van der Waals surface area contributed by atoms with Gasteiger partial charge in [-0.3, -0.25) is 14.4 Å². The minimum atomic E-state index is -0.811. The van der Waals surface area contributed by atoms with Crippen molar-refractivity contribution in [1.82, 2.24) is 0 Å². The maximum absolute atomic E-state index is 12.9. The van der Waals surface area contributed by atoms with E-state index in [2.05, 4.69) is 191 Å². The molecule has 0 heterocycles. The van der Waals surface area contributed by atoms with Crippen LogP contribution in [-0.4, -0.2) is 37.2 Å². The summed E-state index contributed by atoms with van der Waals surface area (Å²) in [7, 11) is 0. The summed E-state index contributed by atoms with van der Waals surface area (Å²) in [6.07, 6.45) is 99.3. The molecule has 0 aliphatic rings. The second-order valence-corrected chi connectivity index (χ2v) is 20.9. The van der Waals surface area contributed by atoms with Crippen molar-refractivity contribution < 1.29 is 28.6 Å². The molecule has 81 heavy (non-hydrogen) atoms. The quantitative estimate of drug-likeness (QED) is 0.0261. The van der Waals surface area contributed by atoms with E-state index in [4.69, 9.17) is 14.2 Å². The monoisotopic (exact) mass is 1110 g/mol. The molecule has 0 aromatic heterocycles. The number of hydrogen-bond donors (Lipinski definition) is 0. The number of carbonyl (C=O) groups excluding carboxylic acids is 3. The van der Waals surface area contributed by atoms with Gasteiger partial charge in [0.25, 0.3) is 0 Å². The summed E-state index contributed by atoms with van der Waals surface area (Å²) in [5, 5.41) is 0. The van der Waals surface area contributed by atoms with Crippen LogP contribution in [0.2, 0.25) is 0 Å². The highest BCUT2D eigenvalue weighted by molar-refractivity contribution is 5.71. The van der Waals surface area contributed by atoms with Gasteiger partial charge >= 0.3 is 17.9 Å². The summed E-state index contributed by atoms with van der Waals surface area (Å²) in [6, 6.07) is 0. The van der Waals surface area contributed by atoms with Gasteiger partial charge in [-0.05, 0) is 135 Å². The van der Waals surface area contributed by atoms with Crippen LogP contribution in [0.15, 0.2) is 170 Å². The lowest BCUT2D eigenvalue weighted by molar-refractivity contribution is -0.167. The molecule has 0 N–H and O–H groups in total. The van der Waals surface area contributed by atoms with E-state index in [1.807, 2.05) is 0 Å². The molecule has 0 aliphatic heterocycles. The maximum Gasteiger partial charge on any atom is 0.306 e. The molecule has 0 aliphatic carbocycles. The molecule has 0 spiro atoms. The molecule has 1 unspecified atom stereocenters. The highest BCUT2D eigenvalue weighted by Crippen LogP contribution is 2.14. The van der Waals surface area contributed by atoms with E-state index in [0.29, 0.717) is 12.8 Å². The van der Waals surface area contributed by atoms with Crippen molar-refractivity contribution in [3.8, 4) is 0 Å². The van der Waals surface area contributed by atoms with Crippen molar-refractivity contribution in [1.29, 1.82) is 0 Å². The Bertz CT molecular complexity index is 1860. The van der Waals surface area contributed by atoms with E-state index in [1.54, 1.807) is 0 Å². The highest BCUT2D eigenvalue weighted by Gasteiger charge is 2.19. The second-order valence-electron chi connectivity index (χ2n) is 20.9. The first-order valence-electron chi connectivity index (χ1n) is 32.6. The zero-order valence-electron chi connectivity index (χ0n) is 52.0. The molecule has 0 amide bonds. The fourth-order valence-corrected chi connectivity index (χ4v) is 8.40. The van der Waals surface area contributed by atoms with E-state index >= 15 is 0 Å². The molecular weight excluding hydrogens is 997 g/mol. The van der Waals surface area contributed by atoms with Crippen molar-refractivity contribution in [2.45, 2.75) is 271 Å². The molecule has 1 atom stereocenters. The Balaban J connectivity index is 4.43. The van der Waals surface area contributed by atoms with Crippen molar-refractivity contribution in [3.05, 3.63) is 170 Å². The molecule has 454 valence electrons. The Morgan fingerprint density at radius 3 is 0.753 bits per heavy atom. The van der Waals surface area contributed by atoms with E-state index in [9.17, 15) is 14.4 Å².